The number of alkyl halides is 1. The van der Waals surface area contributed by atoms with Gasteiger partial charge < -0.3 is 10.6 Å². The second kappa shape index (κ2) is 8.42. The zero-order valence-electron chi connectivity index (χ0n) is 17.8. The average molecular weight is 433 g/mol. The van der Waals surface area contributed by atoms with Gasteiger partial charge in [0.2, 0.25) is 5.91 Å². The van der Waals surface area contributed by atoms with Crippen LogP contribution in [0, 0.1) is 11.3 Å². The van der Waals surface area contributed by atoms with Gasteiger partial charge in [-0.15, -0.1) is 0 Å². The maximum absolute atomic E-state index is 14.1. The number of aromatic nitrogens is 2. The molecule has 3 heterocycles. The van der Waals surface area contributed by atoms with Crippen LogP contribution < -0.4 is 5.73 Å². The third-order valence-electron chi connectivity index (χ3n) is 5.94. The first-order chi connectivity index (χ1) is 15.3. The predicted octanol–water partition coefficient (Wildman–Crippen LogP) is 3.28. The number of nitriles is 1. The fraction of sp³-hybridized carbons (Fsp3) is 0.333. The molecule has 2 N–H and O–H groups in total. The van der Waals surface area contributed by atoms with Crippen LogP contribution in [-0.4, -0.2) is 45.0 Å². The Kier molecular flexibility index (Phi) is 5.66. The Bertz CT molecular complexity index is 1210. The third-order valence-corrected chi connectivity index (χ3v) is 5.94. The smallest absolute Gasteiger partial charge is 0.255 e. The molecule has 1 saturated heterocycles. The molecule has 1 aliphatic heterocycles. The molecule has 1 aromatic carbocycles. The van der Waals surface area contributed by atoms with Crippen LogP contribution in [0.4, 0.5) is 4.39 Å². The number of halogens is 1. The molecule has 2 amide bonds. The van der Waals surface area contributed by atoms with Crippen LogP contribution in [0.15, 0.2) is 42.6 Å². The fourth-order valence-corrected chi connectivity index (χ4v) is 4.03. The van der Waals surface area contributed by atoms with Crippen LogP contribution in [0.2, 0.25) is 0 Å². The Morgan fingerprint density at radius 3 is 2.53 bits per heavy atom. The molecule has 0 atom stereocenters. The largest absolute Gasteiger partial charge is 0.370 e. The van der Waals surface area contributed by atoms with Crippen molar-refractivity contribution in [3.05, 3.63) is 59.4 Å². The molecule has 7 nitrogen and oxygen atoms in total. The van der Waals surface area contributed by atoms with Crippen molar-refractivity contribution in [3.63, 3.8) is 0 Å². The number of rotatable bonds is 5. The monoisotopic (exact) mass is 433 g/mol. The molecule has 3 aromatic rings. The molecule has 0 spiro atoms. The summed E-state index contributed by atoms with van der Waals surface area (Å²) in [5.41, 5.74) is 7.36. The van der Waals surface area contributed by atoms with E-state index in [1.54, 1.807) is 30.0 Å². The zero-order chi connectivity index (χ0) is 22.9. The van der Waals surface area contributed by atoms with E-state index in [0.29, 0.717) is 49.1 Å². The summed E-state index contributed by atoms with van der Waals surface area (Å²) in [5, 5.41) is 9.83. The van der Waals surface area contributed by atoms with E-state index >= 15 is 0 Å². The second-order valence-electron chi connectivity index (χ2n) is 8.44. The van der Waals surface area contributed by atoms with Gasteiger partial charge in [0.1, 0.15) is 11.3 Å². The maximum Gasteiger partial charge on any atom is 0.255 e. The number of primary amides is 1. The van der Waals surface area contributed by atoms with Gasteiger partial charge in [-0.25, -0.2) is 9.37 Å². The van der Waals surface area contributed by atoms with Crippen molar-refractivity contribution in [1.29, 1.82) is 5.26 Å². The molecular weight excluding hydrogens is 409 g/mol. The maximum atomic E-state index is 14.1. The van der Waals surface area contributed by atoms with E-state index in [9.17, 15) is 14.0 Å². The van der Waals surface area contributed by atoms with Gasteiger partial charge in [-0.2, -0.15) is 5.26 Å². The number of piperidine rings is 1. The van der Waals surface area contributed by atoms with E-state index in [1.165, 1.54) is 6.20 Å². The summed E-state index contributed by atoms with van der Waals surface area (Å²) in [5.74, 6) is -0.574. The zero-order valence-corrected chi connectivity index (χ0v) is 17.8. The van der Waals surface area contributed by atoms with E-state index in [0.717, 1.165) is 16.8 Å². The van der Waals surface area contributed by atoms with Gasteiger partial charge in [-0.05, 0) is 62.6 Å². The van der Waals surface area contributed by atoms with Gasteiger partial charge in [0.25, 0.3) is 5.91 Å². The van der Waals surface area contributed by atoms with Crippen LogP contribution in [0.25, 0.3) is 16.7 Å². The Labute approximate surface area is 185 Å². The number of nitrogens with two attached hydrogens (primary N) is 1. The summed E-state index contributed by atoms with van der Waals surface area (Å²) in [6.07, 6.45) is 2.76. The molecule has 0 bridgehead atoms. The first-order valence-corrected chi connectivity index (χ1v) is 10.5. The van der Waals surface area contributed by atoms with Crippen molar-refractivity contribution in [2.45, 2.75) is 38.3 Å². The number of nitrogens with zero attached hydrogens (tertiary/aromatic N) is 4. The van der Waals surface area contributed by atoms with Gasteiger partial charge in [0.05, 0.1) is 17.2 Å². The predicted molar refractivity (Wildman–Crippen MR) is 118 cm³/mol. The first kappa shape index (κ1) is 21.5. The number of carbonyl (C=O) groups excluding carboxylic acids is 2. The Balaban J connectivity index is 1.71. The molecule has 0 radical (unpaired) electrons. The van der Waals surface area contributed by atoms with Gasteiger partial charge in [0, 0.05) is 42.5 Å². The third kappa shape index (κ3) is 4.33. The Morgan fingerprint density at radius 1 is 1.22 bits per heavy atom. The molecule has 1 fully saturated rings. The SMILES string of the molecule is CC1(F)CCN(C(=O)c2cnc3c(c2)cc(CCC(N)=O)n3-c2ccc(C#N)cc2)CC1. The average Bonchev–Trinajstić information content (AvgIpc) is 3.15. The van der Waals surface area contributed by atoms with Crippen LogP contribution >= 0.6 is 0 Å². The van der Waals surface area contributed by atoms with E-state index in [2.05, 4.69) is 11.1 Å². The number of hydrogen-bond donors (Lipinski definition) is 1. The van der Waals surface area contributed by atoms with Crippen LogP contribution in [-0.2, 0) is 11.2 Å². The van der Waals surface area contributed by atoms with E-state index < -0.39 is 11.6 Å². The van der Waals surface area contributed by atoms with Crippen molar-refractivity contribution in [3.8, 4) is 11.8 Å². The second-order valence-corrected chi connectivity index (χ2v) is 8.44. The summed E-state index contributed by atoms with van der Waals surface area (Å²) in [6, 6.07) is 12.8. The number of fused-ring (bicyclic) bond motifs is 1. The number of benzene rings is 1. The van der Waals surface area contributed by atoms with E-state index in [1.807, 2.05) is 22.8 Å². The lowest BCUT2D eigenvalue weighted by Crippen LogP contribution is -2.43. The number of amides is 2. The van der Waals surface area contributed by atoms with E-state index in [-0.39, 0.29) is 12.3 Å². The minimum atomic E-state index is -1.23. The molecule has 8 heteroatoms. The number of aryl methyl sites for hydroxylation is 1. The summed E-state index contributed by atoms with van der Waals surface area (Å²) in [6.45, 7) is 2.32. The number of hydrogen-bond acceptors (Lipinski definition) is 4. The van der Waals surface area contributed by atoms with Gasteiger partial charge in [0.15, 0.2) is 0 Å². The quantitative estimate of drug-likeness (QED) is 0.667. The van der Waals surface area contributed by atoms with Gasteiger partial charge in [-0.1, -0.05) is 0 Å². The van der Waals surface area contributed by atoms with Crippen LogP contribution in [0.3, 0.4) is 0 Å². The number of likely N-dealkylation sites (tertiary alicyclic amines) is 1. The summed E-state index contributed by atoms with van der Waals surface area (Å²) >= 11 is 0. The minimum absolute atomic E-state index is 0.167. The molecule has 0 unspecified atom stereocenters. The van der Waals surface area contributed by atoms with Crippen molar-refractivity contribution in [1.82, 2.24) is 14.5 Å². The van der Waals surface area contributed by atoms with Crippen molar-refractivity contribution in [2.75, 3.05) is 13.1 Å². The molecule has 4 rings (SSSR count). The lowest BCUT2D eigenvalue weighted by atomic mass is 9.95. The normalized spacial score (nSPS) is 15.5. The molecule has 0 saturated carbocycles. The van der Waals surface area contributed by atoms with E-state index in [4.69, 9.17) is 11.0 Å². The molecule has 0 aliphatic carbocycles. The van der Waals surface area contributed by atoms with Crippen molar-refractivity contribution in [2.24, 2.45) is 5.73 Å². The highest BCUT2D eigenvalue weighted by Crippen LogP contribution is 2.28. The number of carbonyl (C=O) groups is 2. The molecule has 164 valence electrons. The summed E-state index contributed by atoms with van der Waals surface area (Å²) in [4.78, 5) is 30.5. The highest BCUT2D eigenvalue weighted by molar-refractivity contribution is 5.97. The highest BCUT2D eigenvalue weighted by atomic mass is 19.1. The molecule has 32 heavy (non-hydrogen) atoms. The van der Waals surface area contributed by atoms with Crippen molar-refractivity contribution >= 4 is 22.8 Å². The first-order valence-electron chi connectivity index (χ1n) is 10.5. The van der Waals surface area contributed by atoms with Crippen LogP contribution in [0.5, 0.6) is 0 Å². The minimum Gasteiger partial charge on any atom is -0.370 e. The lowest BCUT2D eigenvalue weighted by molar-refractivity contribution is -0.118. The van der Waals surface area contributed by atoms with Crippen LogP contribution in [0.1, 0.15) is 47.8 Å². The molecule has 1 aliphatic rings. The fourth-order valence-electron chi connectivity index (χ4n) is 4.03. The summed E-state index contributed by atoms with van der Waals surface area (Å²) in [7, 11) is 0. The van der Waals surface area contributed by atoms with Gasteiger partial charge in [-0.3, -0.25) is 14.2 Å². The highest BCUT2D eigenvalue weighted by Gasteiger charge is 2.32. The van der Waals surface area contributed by atoms with Crippen molar-refractivity contribution < 1.29 is 14.0 Å². The molecular formula is C24H24FN5O2. The Hall–Kier alpha value is -3.73. The Morgan fingerprint density at radius 2 is 1.91 bits per heavy atom. The topological polar surface area (TPSA) is 105 Å². The van der Waals surface area contributed by atoms with Gasteiger partial charge >= 0.3 is 0 Å². The number of pyridine rings is 1. The lowest BCUT2D eigenvalue weighted by Gasteiger charge is -2.34. The molecule has 2 aromatic heterocycles. The standard InChI is InChI=1S/C24H24FN5O2/c1-24(25)8-10-29(11-9-24)23(32)18-12-17-13-20(6-7-21(27)31)30(22(17)28-15-18)19-4-2-16(14-26)3-5-19/h2-5,12-13,15H,6-11H2,1H3,(H2,27,31). The summed E-state index contributed by atoms with van der Waals surface area (Å²) < 4.78 is 16.0.